The molecule has 32 heteroatoms. The second-order valence-corrected chi connectivity index (χ2v) is 28.0. The third kappa shape index (κ3) is 23.4. The molecule has 0 bridgehead atoms. The zero-order chi connectivity index (χ0) is 66.5. The van der Waals surface area contributed by atoms with Crippen LogP contribution in [0, 0.1) is 61.5 Å². The molecule has 5 N–H and O–H groups in total. The molecule has 7 aliphatic rings. The van der Waals surface area contributed by atoms with Crippen molar-refractivity contribution >= 4 is 45.5 Å². The zero-order valence-electron chi connectivity index (χ0n) is 49.3. The van der Waals surface area contributed by atoms with Crippen LogP contribution in [0.3, 0.4) is 0 Å². The van der Waals surface area contributed by atoms with Crippen molar-refractivity contribution in [2.75, 3.05) is 26.0 Å². The number of nitrogens with two attached hydrogens (primary N) is 1. The Morgan fingerprint density at radius 3 is 1.49 bits per heavy atom. The smallest absolute Gasteiger partial charge is 0.512 e. The number of nitriles is 1. The van der Waals surface area contributed by atoms with Gasteiger partial charge in [0.15, 0.2) is 0 Å². The van der Waals surface area contributed by atoms with Gasteiger partial charge in [0.2, 0.25) is 41.4 Å². The fourth-order valence-electron chi connectivity index (χ4n) is 11.9. The molecule has 2 heterocycles. The number of aliphatic hydroxyl groups excluding tert-OH is 1. The standard InChI is InChI=1S/C21H22ClF3N4O2.C7H9F2N.C7H12F2O3S.C7H10F2O2.C6H8F2O2.C6H10F2O.CN.Na/c1-20(10-21(24,25)11-20)5-4-16(30)28-6-7-29-15(9-28)17(19(26)31)18(27-29)12-2-3-14(23)13(22)8-12;1-6(2-3-10)4-7(8,9)5-6;1-6(3-7(8,9)4-6)5-12-13(2,10)11;1-6(2-5(10)11)3-7(8,9)4-6;1-5(4(9)10)2-6(7,8)3-5;1-5(4-9)2-6(7,8)3-5;1-2;/h2-3,8H,4-7,9-11H2,1H3,(H2,26,31);2,4-5H2,1H3;3-5H2,1-2H3;2-4H2,1H3,(H,10,11);2-3H2,1H3,(H,9,10);9H,2-4H2,1H3;;/q;;;;;;-1;+1. The Kier molecular flexibility index (Phi) is 25.6. The fraction of sp³-hybridized carbons (Fsp3) is 0.727. The van der Waals surface area contributed by atoms with E-state index in [1.165, 1.54) is 25.1 Å². The Morgan fingerprint density at radius 2 is 1.14 bits per heavy atom. The maximum absolute atomic E-state index is 13.5. The van der Waals surface area contributed by atoms with Gasteiger partial charge in [-0.25, -0.2) is 57.1 Å². The number of carbonyl (C=O) groups is 4. The molecule has 0 spiro atoms. The molecule has 2 aromatic rings. The summed E-state index contributed by atoms with van der Waals surface area (Å²) in [6.07, 6.45) is -1.59. The molecule has 6 fully saturated rings. The van der Waals surface area contributed by atoms with Crippen molar-refractivity contribution in [3.63, 3.8) is 0 Å². The maximum Gasteiger partial charge on any atom is 1.00 e. The normalized spacial score (nSPS) is 23.0. The summed E-state index contributed by atoms with van der Waals surface area (Å²) < 4.78 is 190. The van der Waals surface area contributed by atoms with Gasteiger partial charge < -0.3 is 37.8 Å². The minimum atomic E-state index is -3.52. The van der Waals surface area contributed by atoms with Gasteiger partial charge in [-0.3, -0.25) is 28.0 Å². The minimum Gasteiger partial charge on any atom is -0.512 e. The molecular formula is C55H71ClF13N6NaO10S. The zero-order valence-corrected chi connectivity index (χ0v) is 52.9. The molecule has 0 unspecified atom stereocenters. The molecule has 16 nitrogen and oxygen atoms in total. The van der Waals surface area contributed by atoms with Gasteiger partial charge in [-0.2, -0.15) is 18.8 Å². The summed E-state index contributed by atoms with van der Waals surface area (Å²) >= 11 is 5.87. The number of aliphatic hydroxyl groups is 1. The van der Waals surface area contributed by atoms with E-state index >= 15 is 0 Å². The van der Waals surface area contributed by atoms with Crippen LogP contribution in [0.25, 0.3) is 11.3 Å². The Labute approximate surface area is 523 Å². The van der Waals surface area contributed by atoms with Gasteiger partial charge >= 0.3 is 41.5 Å². The van der Waals surface area contributed by atoms with Gasteiger partial charge in [-0.1, -0.05) is 46.2 Å². The Hall–Kier alpha value is -4.46. The number of halogens is 14. The van der Waals surface area contributed by atoms with Crippen LogP contribution in [0.4, 0.5) is 57.1 Å². The molecule has 486 valence electrons. The third-order valence-electron chi connectivity index (χ3n) is 15.5. The van der Waals surface area contributed by atoms with Crippen molar-refractivity contribution in [2.45, 2.75) is 193 Å². The quantitative estimate of drug-likeness (QED) is 0.0630. The number of hydrogen-bond acceptors (Lipinski definition) is 11. The number of rotatable bonds is 13. The van der Waals surface area contributed by atoms with Crippen LogP contribution in [0.1, 0.15) is 160 Å². The number of nitrogens with zero attached hydrogens (tertiary/aromatic N) is 5. The average Bonchev–Trinajstić information content (AvgIpc) is 2.69. The molecule has 0 radical (unpaired) electrons. The van der Waals surface area contributed by atoms with Crippen molar-refractivity contribution in [3.8, 4) is 17.3 Å². The number of carbonyl (C=O) groups excluding carboxylic acids is 2. The number of alkyl halides is 12. The first-order valence-corrected chi connectivity index (χ1v) is 28.8. The Morgan fingerprint density at radius 1 is 0.713 bits per heavy atom. The number of primary amides is 1. The average molecular weight is 1310 g/mol. The largest absolute Gasteiger partial charge is 1.00 e. The molecule has 1 aromatic heterocycles. The number of carboxylic acid groups (broad SMARTS) is 2. The summed E-state index contributed by atoms with van der Waals surface area (Å²) in [6, 6.07) is 5.93. The number of fused-ring (bicyclic) bond motifs is 1. The monoisotopic (exact) mass is 1310 g/mol. The van der Waals surface area contributed by atoms with Crippen molar-refractivity contribution in [3.05, 3.63) is 46.9 Å². The van der Waals surface area contributed by atoms with Crippen LogP contribution in [0.5, 0.6) is 0 Å². The fourth-order valence-corrected chi connectivity index (χ4v) is 12.6. The molecular weight excluding hydrogens is 1240 g/mol. The topological polar surface area (TPSA) is 267 Å². The van der Waals surface area contributed by atoms with Crippen LogP contribution < -0.4 is 35.3 Å². The van der Waals surface area contributed by atoms with Crippen molar-refractivity contribution in [1.29, 1.82) is 10.5 Å². The molecule has 1 aliphatic heterocycles. The molecule has 1 aromatic carbocycles. The molecule has 87 heavy (non-hydrogen) atoms. The molecule has 0 atom stereocenters. The number of aromatic nitrogens is 2. The maximum atomic E-state index is 13.5. The second kappa shape index (κ2) is 28.4. The van der Waals surface area contributed by atoms with E-state index in [0.717, 1.165) is 6.26 Å². The van der Waals surface area contributed by atoms with Crippen LogP contribution in [-0.2, 0) is 41.8 Å². The molecule has 0 saturated heterocycles. The van der Waals surface area contributed by atoms with Gasteiger partial charge in [0.25, 0.3) is 16.0 Å². The van der Waals surface area contributed by atoms with Crippen molar-refractivity contribution in [2.24, 2.45) is 38.2 Å². The predicted molar refractivity (Wildman–Crippen MR) is 282 cm³/mol. The molecule has 2 amide bonds. The van der Waals surface area contributed by atoms with E-state index in [4.69, 9.17) is 49.8 Å². The molecule has 6 saturated carbocycles. The number of amides is 2. The number of benzene rings is 1. The van der Waals surface area contributed by atoms with Crippen molar-refractivity contribution < 1.29 is 134 Å². The first-order valence-electron chi connectivity index (χ1n) is 26.6. The van der Waals surface area contributed by atoms with Crippen LogP contribution in [-0.4, -0.2) is 124 Å². The summed E-state index contributed by atoms with van der Waals surface area (Å²) in [7, 11) is -3.52. The molecule has 6 aliphatic carbocycles. The number of aliphatic carboxylic acids is 2. The van der Waals surface area contributed by atoms with E-state index in [1.807, 2.05) is 6.07 Å². The van der Waals surface area contributed by atoms with Gasteiger partial charge in [0, 0.05) is 119 Å². The van der Waals surface area contributed by atoms with Gasteiger partial charge in [-0.15, -0.1) is 0 Å². The van der Waals surface area contributed by atoms with Crippen LogP contribution in [0.2, 0.25) is 5.02 Å². The first-order chi connectivity index (χ1) is 38.7. The minimum absolute atomic E-state index is 0. The predicted octanol–water partition coefficient (Wildman–Crippen LogP) is 9.65. The van der Waals surface area contributed by atoms with Gasteiger partial charge in [0.1, 0.15) is 11.5 Å². The van der Waals surface area contributed by atoms with Crippen molar-refractivity contribution in [1.82, 2.24) is 14.7 Å². The Bertz CT molecular complexity index is 2930. The van der Waals surface area contributed by atoms with E-state index in [0.29, 0.717) is 30.8 Å². The van der Waals surface area contributed by atoms with Gasteiger partial charge in [-0.05, 0) is 47.8 Å². The third-order valence-corrected chi connectivity index (χ3v) is 16.3. The summed E-state index contributed by atoms with van der Waals surface area (Å²) in [5.41, 5.74) is 3.01. The van der Waals surface area contributed by atoms with E-state index in [9.17, 15) is 84.7 Å². The summed E-state index contributed by atoms with van der Waals surface area (Å²) in [5.74, 6) is -19.2. The summed E-state index contributed by atoms with van der Waals surface area (Å²) in [6.45, 7) is 15.0. The van der Waals surface area contributed by atoms with E-state index in [2.05, 4.69) is 9.28 Å². The summed E-state index contributed by atoms with van der Waals surface area (Å²) in [5, 5.41) is 44.1. The number of hydrogen-bond donors (Lipinski definition) is 4. The molecule has 9 rings (SSSR count). The van der Waals surface area contributed by atoms with E-state index in [-0.39, 0.29) is 155 Å². The Balaban J connectivity index is 0.000000386. The van der Waals surface area contributed by atoms with Crippen LogP contribution in [0.15, 0.2) is 18.2 Å². The first kappa shape index (κ1) is 78.6. The van der Waals surface area contributed by atoms with E-state index in [1.54, 1.807) is 44.2 Å². The number of carboxylic acids is 2. The summed E-state index contributed by atoms with van der Waals surface area (Å²) in [4.78, 5) is 47.0. The van der Waals surface area contributed by atoms with E-state index < -0.39 is 115 Å². The van der Waals surface area contributed by atoms with Gasteiger partial charge in [0.05, 0.1) is 60.1 Å². The van der Waals surface area contributed by atoms with Crippen LogP contribution >= 0.6 is 11.6 Å². The second-order valence-electron chi connectivity index (χ2n) is 25.9. The SMILES string of the molecule is CC1(C(=O)O)CC(F)(F)C1.CC1(CC#N)CC(F)(F)C1.CC1(CC(=O)O)CC(F)(F)C1.CC1(CCC(=O)N2CCn3nc(-c4ccc(F)c(Cl)c4)c(C(N)=O)c3C2)CC(F)(F)C1.CC1(CO)CC(F)(F)C1.CC1(COS(C)(=O)=O)CC(F)(F)C1.[C-]#N.[Na+].